The van der Waals surface area contributed by atoms with E-state index >= 15 is 0 Å². The zero-order valence-corrected chi connectivity index (χ0v) is 10.3. The van der Waals surface area contributed by atoms with Gasteiger partial charge in [0.15, 0.2) is 17.1 Å². The van der Waals surface area contributed by atoms with Gasteiger partial charge in [0.2, 0.25) is 5.95 Å². The second kappa shape index (κ2) is 4.52. The SMILES string of the molecule is N#Cc1nc(NC(=O)c2cc(C3CC3)[nH]n2)[nH]c1C#N. The van der Waals surface area contributed by atoms with Crippen molar-refractivity contribution in [2.45, 2.75) is 18.8 Å². The van der Waals surface area contributed by atoms with Gasteiger partial charge in [-0.25, -0.2) is 4.98 Å². The molecule has 2 aromatic heterocycles. The number of nitrogens with one attached hydrogen (secondary N) is 3. The molecule has 1 amide bonds. The second-order valence-corrected chi connectivity index (χ2v) is 4.47. The molecule has 2 aromatic rings. The second-order valence-electron chi connectivity index (χ2n) is 4.47. The minimum atomic E-state index is -0.448. The number of nitrogens with zero attached hydrogens (tertiary/aromatic N) is 4. The van der Waals surface area contributed by atoms with Crippen LogP contribution in [0.25, 0.3) is 0 Å². The molecule has 1 aliphatic carbocycles. The number of hydrogen-bond acceptors (Lipinski definition) is 5. The van der Waals surface area contributed by atoms with Gasteiger partial charge in [0, 0.05) is 11.6 Å². The quantitative estimate of drug-likeness (QED) is 0.762. The number of aromatic nitrogens is 4. The number of carbonyl (C=O) groups is 1. The third-order valence-corrected chi connectivity index (χ3v) is 3.00. The van der Waals surface area contributed by atoms with Gasteiger partial charge < -0.3 is 4.98 Å². The first kappa shape index (κ1) is 11.9. The molecular weight excluding hydrogens is 258 g/mol. The van der Waals surface area contributed by atoms with E-state index in [4.69, 9.17) is 10.5 Å². The highest BCUT2D eigenvalue weighted by Crippen LogP contribution is 2.38. The number of nitriles is 2. The number of imidazole rings is 1. The molecule has 3 N–H and O–H groups in total. The van der Waals surface area contributed by atoms with Crippen LogP contribution >= 0.6 is 0 Å². The Kier molecular flexibility index (Phi) is 2.70. The van der Waals surface area contributed by atoms with Gasteiger partial charge in [-0.05, 0) is 18.9 Å². The molecule has 1 saturated carbocycles. The van der Waals surface area contributed by atoms with E-state index in [1.165, 1.54) is 0 Å². The number of aromatic amines is 2. The zero-order chi connectivity index (χ0) is 14.1. The minimum Gasteiger partial charge on any atom is -0.314 e. The molecule has 0 spiro atoms. The molecule has 0 bridgehead atoms. The Morgan fingerprint density at radius 2 is 2.20 bits per heavy atom. The van der Waals surface area contributed by atoms with Crippen molar-refractivity contribution in [2.24, 2.45) is 0 Å². The standard InChI is InChI=1S/C12H9N7O/c13-4-9-10(5-14)16-12(15-9)17-11(20)8-3-7(18-19-8)6-1-2-6/h3,6H,1-2H2,(H,18,19)(H2,15,16,17,20). The first-order chi connectivity index (χ1) is 9.71. The number of hydrogen-bond donors (Lipinski definition) is 3. The molecule has 0 saturated heterocycles. The third-order valence-electron chi connectivity index (χ3n) is 3.00. The van der Waals surface area contributed by atoms with Crippen molar-refractivity contribution in [3.8, 4) is 12.1 Å². The summed E-state index contributed by atoms with van der Waals surface area (Å²) < 4.78 is 0. The largest absolute Gasteiger partial charge is 0.314 e. The third kappa shape index (κ3) is 2.10. The summed E-state index contributed by atoms with van der Waals surface area (Å²) in [6.07, 6.45) is 2.22. The summed E-state index contributed by atoms with van der Waals surface area (Å²) in [7, 11) is 0. The van der Waals surface area contributed by atoms with Gasteiger partial charge in [0.1, 0.15) is 12.1 Å². The highest BCUT2D eigenvalue weighted by atomic mass is 16.2. The summed E-state index contributed by atoms with van der Waals surface area (Å²) in [6.45, 7) is 0. The van der Waals surface area contributed by atoms with Crippen molar-refractivity contribution >= 4 is 11.9 Å². The van der Waals surface area contributed by atoms with Gasteiger partial charge in [0.05, 0.1) is 0 Å². The number of carbonyl (C=O) groups excluding carboxylic acids is 1. The van der Waals surface area contributed by atoms with Crippen LogP contribution in [0.15, 0.2) is 6.07 Å². The molecule has 1 aliphatic rings. The normalized spacial score (nSPS) is 13.5. The van der Waals surface area contributed by atoms with Gasteiger partial charge >= 0.3 is 0 Å². The zero-order valence-electron chi connectivity index (χ0n) is 10.3. The van der Waals surface area contributed by atoms with Crippen molar-refractivity contribution < 1.29 is 4.79 Å². The van der Waals surface area contributed by atoms with Crippen LogP contribution in [0.1, 0.15) is 46.3 Å². The molecule has 0 aliphatic heterocycles. The van der Waals surface area contributed by atoms with E-state index in [0.717, 1.165) is 18.5 Å². The summed E-state index contributed by atoms with van der Waals surface area (Å²) in [5, 5.41) is 26.8. The minimum absolute atomic E-state index is 0.0171. The van der Waals surface area contributed by atoms with E-state index in [9.17, 15) is 4.79 Å². The van der Waals surface area contributed by atoms with Crippen LogP contribution in [0, 0.1) is 22.7 Å². The lowest BCUT2D eigenvalue weighted by molar-refractivity contribution is 0.102. The molecule has 8 nitrogen and oxygen atoms in total. The van der Waals surface area contributed by atoms with E-state index in [0.29, 0.717) is 5.92 Å². The number of anilines is 1. The fourth-order valence-electron chi connectivity index (χ4n) is 1.82. The fraction of sp³-hybridized carbons (Fsp3) is 0.250. The number of H-pyrrole nitrogens is 2. The predicted molar refractivity (Wildman–Crippen MR) is 66.5 cm³/mol. The van der Waals surface area contributed by atoms with Crippen molar-refractivity contribution in [3.05, 3.63) is 28.8 Å². The molecular formula is C12H9N7O. The lowest BCUT2D eigenvalue weighted by atomic mass is 10.2. The first-order valence-corrected chi connectivity index (χ1v) is 5.98. The van der Waals surface area contributed by atoms with Crippen LogP contribution in [0.4, 0.5) is 5.95 Å². The van der Waals surface area contributed by atoms with Crippen LogP contribution in [0.2, 0.25) is 0 Å². The number of rotatable bonds is 3. The Labute approximate surface area is 113 Å². The van der Waals surface area contributed by atoms with E-state index in [1.54, 1.807) is 18.2 Å². The lowest BCUT2D eigenvalue weighted by Crippen LogP contribution is -2.13. The molecule has 0 aromatic carbocycles. The smallest absolute Gasteiger partial charge is 0.278 e. The Morgan fingerprint density at radius 1 is 1.40 bits per heavy atom. The molecule has 0 unspecified atom stereocenters. The van der Waals surface area contributed by atoms with Gasteiger partial charge in [-0.1, -0.05) is 0 Å². The highest BCUT2D eigenvalue weighted by molar-refractivity contribution is 6.02. The molecule has 0 radical (unpaired) electrons. The van der Waals surface area contributed by atoms with Crippen molar-refractivity contribution in [2.75, 3.05) is 5.32 Å². The molecule has 98 valence electrons. The van der Waals surface area contributed by atoms with E-state index in [1.807, 2.05) is 0 Å². The van der Waals surface area contributed by atoms with Crippen LogP contribution < -0.4 is 5.32 Å². The first-order valence-electron chi connectivity index (χ1n) is 5.98. The van der Waals surface area contributed by atoms with Crippen LogP contribution in [0.3, 0.4) is 0 Å². The average molecular weight is 267 g/mol. The van der Waals surface area contributed by atoms with Crippen LogP contribution in [0.5, 0.6) is 0 Å². The number of amides is 1. The molecule has 2 heterocycles. The highest BCUT2D eigenvalue weighted by Gasteiger charge is 2.26. The van der Waals surface area contributed by atoms with Crippen molar-refractivity contribution in [1.82, 2.24) is 20.2 Å². The van der Waals surface area contributed by atoms with Crippen LogP contribution in [-0.4, -0.2) is 26.1 Å². The van der Waals surface area contributed by atoms with Crippen LogP contribution in [-0.2, 0) is 0 Å². The molecule has 8 heteroatoms. The summed E-state index contributed by atoms with van der Waals surface area (Å²) in [5.74, 6) is 0.0815. The summed E-state index contributed by atoms with van der Waals surface area (Å²) >= 11 is 0. The maximum Gasteiger partial charge on any atom is 0.278 e. The molecule has 20 heavy (non-hydrogen) atoms. The lowest BCUT2D eigenvalue weighted by Gasteiger charge is -1.96. The summed E-state index contributed by atoms with van der Waals surface area (Å²) in [6, 6.07) is 5.26. The maximum absolute atomic E-state index is 11.9. The van der Waals surface area contributed by atoms with E-state index < -0.39 is 5.91 Å². The Hall–Kier alpha value is -3.13. The van der Waals surface area contributed by atoms with E-state index in [-0.39, 0.29) is 23.0 Å². The van der Waals surface area contributed by atoms with Gasteiger partial charge in [-0.15, -0.1) is 0 Å². The van der Waals surface area contributed by atoms with Gasteiger partial charge in [-0.3, -0.25) is 15.2 Å². The van der Waals surface area contributed by atoms with E-state index in [2.05, 4.69) is 25.5 Å². The molecule has 3 rings (SSSR count). The fourth-order valence-corrected chi connectivity index (χ4v) is 1.82. The van der Waals surface area contributed by atoms with Crippen molar-refractivity contribution in [1.29, 1.82) is 10.5 Å². The van der Waals surface area contributed by atoms with Crippen molar-refractivity contribution in [3.63, 3.8) is 0 Å². The average Bonchev–Trinajstić information content (AvgIpc) is 3.04. The predicted octanol–water partition coefficient (Wildman–Crippen LogP) is 1.01. The Bertz CT molecular complexity index is 722. The Morgan fingerprint density at radius 3 is 2.80 bits per heavy atom. The molecule has 0 atom stereocenters. The maximum atomic E-state index is 11.9. The van der Waals surface area contributed by atoms with Gasteiger partial charge in [-0.2, -0.15) is 15.6 Å². The monoisotopic (exact) mass is 267 g/mol. The van der Waals surface area contributed by atoms with Gasteiger partial charge in [0.25, 0.3) is 5.91 Å². The Balaban J connectivity index is 1.76. The topological polar surface area (TPSA) is 134 Å². The summed E-state index contributed by atoms with van der Waals surface area (Å²) in [4.78, 5) is 18.3. The molecule has 1 fully saturated rings. The summed E-state index contributed by atoms with van der Waals surface area (Å²) in [5.41, 5.74) is 1.16.